The molecule has 8 heterocycles. The molecule has 4 amide bonds. The van der Waals surface area contributed by atoms with Crippen molar-refractivity contribution in [3.63, 3.8) is 0 Å². The predicted molar refractivity (Wildman–Crippen MR) is 449 cm³/mol. The number of aldehydes is 1. The van der Waals surface area contributed by atoms with Gasteiger partial charge in [-0.15, -0.1) is 0 Å². The van der Waals surface area contributed by atoms with Crippen molar-refractivity contribution < 1.29 is 33.4 Å². The Labute approximate surface area is 664 Å². The number of anilines is 2. The van der Waals surface area contributed by atoms with Gasteiger partial charge in [0.2, 0.25) is 0 Å². The SMILES string of the molecule is CCc1nc2c(cnn2CC)c(NC2CCOCC2)c1CNC(=O)c1cccc(C(=O)NCc2cccc(-c3cccc(C=O)c3)c2C)c1.CCc1nc2c(cnn2CC)c(NC2CCOCC2)c1CNC(=O)c1cccc(C(=O)NCc2cccc(-c3cccc(CN4CCCN(C)CC4)c3)c2C)c1.CN1CCCNCC1. The summed E-state index contributed by atoms with van der Waals surface area (Å²) in [5.74, 6) is -1.04. The van der Waals surface area contributed by atoms with Crippen LogP contribution in [-0.4, -0.2) is 179 Å². The van der Waals surface area contributed by atoms with E-state index in [0.717, 1.165) is 174 Å². The monoisotopic (exact) mass is 1530 g/mol. The number of benzene rings is 6. The Bertz CT molecular complexity index is 4920. The molecule has 0 spiro atoms. The zero-order valence-corrected chi connectivity index (χ0v) is 67.1. The number of fused-ring (bicyclic) bond motifs is 2. The first-order valence-electron chi connectivity index (χ1n) is 40.5. The Morgan fingerprint density at radius 3 is 1.43 bits per heavy atom. The third-order valence-electron chi connectivity index (χ3n) is 22.1. The summed E-state index contributed by atoms with van der Waals surface area (Å²) in [5, 5.41) is 34.2. The molecule has 4 saturated heterocycles. The van der Waals surface area contributed by atoms with Gasteiger partial charge < -0.3 is 56.5 Å². The molecule has 0 atom stereocenters. The summed E-state index contributed by atoms with van der Waals surface area (Å²) in [6.07, 6.45) is 12.1. The second kappa shape index (κ2) is 40.3. The predicted octanol–water partition coefficient (Wildman–Crippen LogP) is 12.7. The Balaban J connectivity index is 0.000000191. The van der Waals surface area contributed by atoms with E-state index in [0.29, 0.717) is 86.6 Å². The highest BCUT2D eigenvalue weighted by molar-refractivity contribution is 6.01. The molecule has 113 heavy (non-hydrogen) atoms. The van der Waals surface area contributed by atoms with E-state index >= 15 is 0 Å². The summed E-state index contributed by atoms with van der Waals surface area (Å²) in [7, 11) is 4.38. The molecule has 0 aliphatic carbocycles. The minimum absolute atomic E-state index is 0.228. The second-order valence-corrected chi connectivity index (χ2v) is 29.8. The van der Waals surface area contributed by atoms with E-state index in [4.69, 9.17) is 19.4 Å². The van der Waals surface area contributed by atoms with Gasteiger partial charge in [0.1, 0.15) is 6.29 Å². The number of aromatic nitrogens is 6. The van der Waals surface area contributed by atoms with Crippen LogP contribution in [0, 0.1) is 13.8 Å². The van der Waals surface area contributed by atoms with Crippen molar-refractivity contribution >= 4 is 63.4 Å². The van der Waals surface area contributed by atoms with Crippen LogP contribution in [0.4, 0.5) is 11.4 Å². The minimum Gasteiger partial charge on any atom is -0.381 e. The van der Waals surface area contributed by atoms with Gasteiger partial charge in [-0.2, -0.15) is 10.2 Å². The summed E-state index contributed by atoms with van der Waals surface area (Å²) < 4.78 is 15.0. The third-order valence-corrected chi connectivity index (χ3v) is 22.1. The average Bonchev–Trinajstić information content (AvgIpc) is 1.68. The zero-order valence-electron chi connectivity index (χ0n) is 67.1. The van der Waals surface area contributed by atoms with Crippen molar-refractivity contribution in [2.75, 3.05) is 104 Å². The molecule has 4 aliphatic rings. The number of ether oxygens (including phenoxy) is 2. The van der Waals surface area contributed by atoms with Crippen LogP contribution in [0.25, 0.3) is 44.3 Å². The minimum atomic E-state index is -0.279. The average molecular weight is 1530 g/mol. The Morgan fingerprint density at radius 2 is 0.947 bits per heavy atom. The number of hydrogen-bond acceptors (Lipinski definition) is 17. The fourth-order valence-corrected chi connectivity index (χ4v) is 15.4. The lowest BCUT2D eigenvalue weighted by molar-refractivity contribution is 0.0903. The Hall–Kier alpha value is -10.5. The number of pyridine rings is 2. The van der Waals surface area contributed by atoms with Gasteiger partial charge in [-0.25, -0.2) is 19.3 Å². The molecule has 23 nitrogen and oxygen atoms in total. The van der Waals surface area contributed by atoms with Crippen LogP contribution >= 0.6 is 0 Å². The number of nitrogens with one attached hydrogen (secondary N) is 7. The van der Waals surface area contributed by atoms with Crippen LogP contribution in [0.5, 0.6) is 0 Å². The molecule has 4 aliphatic heterocycles. The number of amides is 4. The van der Waals surface area contributed by atoms with Gasteiger partial charge in [0.05, 0.1) is 34.5 Å². The van der Waals surface area contributed by atoms with Gasteiger partial charge >= 0.3 is 0 Å². The Morgan fingerprint density at radius 1 is 0.496 bits per heavy atom. The van der Waals surface area contributed by atoms with Gasteiger partial charge in [-0.1, -0.05) is 98.8 Å². The molecule has 0 saturated carbocycles. The smallest absolute Gasteiger partial charge is 0.251 e. The maximum Gasteiger partial charge on any atom is 0.251 e. The lowest BCUT2D eigenvalue weighted by Crippen LogP contribution is -2.30. The van der Waals surface area contributed by atoms with E-state index in [-0.39, 0.29) is 42.3 Å². The molecule has 6 aromatic carbocycles. The molecule has 0 radical (unpaired) electrons. The maximum absolute atomic E-state index is 13.6. The van der Waals surface area contributed by atoms with Crippen LogP contribution in [0.3, 0.4) is 0 Å². The number of carbonyl (C=O) groups is 5. The van der Waals surface area contributed by atoms with Crippen molar-refractivity contribution in [3.8, 4) is 22.3 Å². The lowest BCUT2D eigenvalue weighted by Gasteiger charge is -2.26. The van der Waals surface area contributed by atoms with E-state index in [1.165, 1.54) is 49.2 Å². The van der Waals surface area contributed by atoms with Gasteiger partial charge in [0, 0.05) is 161 Å². The van der Waals surface area contributed by atoms with Crippen molar-refractivity contribution in [3.05, 3.63) is 224 Å². The number of rotatable bonds is 25. The fraction of sp³-hybridized carbons (Fsp3) is 0.411. The van der Waals surface area contributed by atoms with Crippen LogP contribution in [0.15, 0.2) is 146 Å². The zero-order chi connectivity index (χ0) is 79.2. The van der Waals surface area contributed by atoms with Gasteiger partial charge in [0.25, 0.3) is 23.6 Å². The lowest BCUT2D eigenvalue weighted by atomic mass is 9.95. The van der Waals surface area contributed by atoms with Gasteiger partial charge in [-0.05, 0) is 218 Å². The van der Waals surface area contributed by atoms with Crippen molar-refractivity contribution in [2.24, 2.45) is 0 Å². The highest BCUT2D eigenvalue weighted by atomic mass is 16.5. The van der Waals surface area contributed by atoms with Crippen LogP contribution < -0.4 is 37.2 Å². The standard InChI is InChI=1S/C45H56N8O3.C39H42N6O4.C6H14N2/c1-5-41-39(42(49-37-17-23-56-24-18-37)40-29-48-53(6-2)43(40)50-41)28-47-45(55)35-14-8-13-34(26-35)44(54)46-27-36-15-9-16-38(31(36)3)33-12-7-11-32(25-33)30-52-20-10-19-51(4)21-22-52;1-4-35-33(36(43-31-15-17-49-18-16-31)34-23-42-45(5-2)37(34)44-35)22-41-39(48)29-12-7-11-28(20-29)38(47)40-21-30-13-8-14-32(25(30)3)27-10-6-9-26(19-27)24-46;1-8-5-2-3-7-4-6-8/h7-9,11-16,25-26,29,37H,5-6,10,17-24,27-28,30H2,1-4H3,(H,46,54)(H,47,55)(H,49,50);6-14,19-20,23-24,31H,4-5,15-18,21-22H2,1-3H3,(H,40,47)(H,41,48)(H,43,44);7H,2-6H2,1H3. The van der Waals surface area contributed by atoms with E-state index in [2.05, 4.69) is 146 Å². The fourth-order valence-electron chi connectivity index (χ4n) is 15.4. The van der Waals surface area contributed by atoms with Crippen LogP contribution in [0.2, 0.25) is 0 Å². The van der Waals surface area contributed by atoms with Crippen LogP contribution in [-0.2, 0) is 68.1 Å². The van der Waals surface area contributed by atoms with Gasteiger partial charge in [0.15, 0.2) is 11.3 Å². The second-order valence-electron chi connectivity index (χ2n) is 29.8. The highest BCUT2D eigenvalue weighted by Gasteiger charge is 2.26. The number of hydrogen-bond donors (Lipinski definition) is 7. The van der Waals surface area contributed by atoms with Crippen molar-refractivity contribution in [2.45, 2.75) is 151 Å². The maximum atomic E-state index is 13.6. The van der Waals surface area contributed by atoms with E-state index in [1.54, 1.807) is 54.6 Å². The molecule has 0 bridgehead atoms. The summed E-state index contributed by atoms with van der Waals surface area (Å²) in [6.45, 7) is 28.1. The molecular weight excluding hydrogens is 1420 g/mol. The molecule has 23 heteroatoms. The normalized spacial score (nSPS) is 15.4. The van der Waals surface area contributed by atoms with E-state index in [9.17, 15) is 24.0 Å². The first-order valence-corrected chi connectivity index (χ1v) is 40.5. The molecule has 0 unspecified atom stereocenters. The molecular formula is C90H112N16O7. The number of aryl methyl sites for hydroxylation is 4. The molecule has 4 aromatic heterocycles. The van der Waals surface area contributed by atoms with Crippen molar-refractivity contribution in [1.82, 2.24) is 70.8 Å². The highest BCUT2D eigenvalue weighted by Crippen LogP contribution is 2.35. The Kier molecular flexibility index (Phi) is 29.2. The summed E-state index contributed by atoms with van der Waals surface area (Å²) in [6, 6.07) is 42.7. The quantitative estimate of drug-likeness (QED) is 0.0262. The number of carbonyl (C=O) groups excluding carboxylic acids is 5. The first-order chi connectivity index (χ1) is 55.1. The molecule has 594 valence electrons. The first kappa shape index (κ1) is 81.9. The molecule has 4 fully saturated rings. The summed E-state index contributed by atoms with van der Waals surface area (Å²) >= 11 is 0. The topological polar surface area (TPSA) is 259 Å². The summed E-state index contributed by atoms with van der Waals surface area (Å²) in [4.78, 5) is 82.5. The van der Waals surface area contributed by atoms with Crippen LogP contribution in [0.1, 0.15) is 168 Å². The third kappa shape index (κ3) is 21.2. The summed E-state index contributed by atoms with van der Waals surface area (Å²) in [5.41, 5.74) is 19.4. The van der Waals surface area contributed by atoms with Gasteiger partial charge in [-0.3, -0.25) is 28.9 Å². The molecule has 14 rings (SSSR count). The van der Waals surface area contributed by atoms with Crippen molar-refractivity contribution in [1.29, 1.82) is 0 Å². The number of nitrogens with zero attached hydrogens (tertiary/aromatic N) is 9. The van der Waals surface area contributed by atoms with E-state index in [1.807, 2.05) is 72.0 Å². The molecule has 7 N–H and O–H groups in total. The van der Waals surface area contributed by atoms with E-state index < -0.39 is 0 Å². The molecule has 10 aromatic rings. The largest absolute Gasteiger partial charge is 0.381 e. The number of likely N-dealkylation sites (N-methyl/N-ethyl adjacent to an activating group) is 2.